The van der Waals surface area contributed by atoms with Crippen molar-refractivity contribution >= 4 is 5.91 Å². The van der Waals surface area contributed by atoms with E-state index in [9.17, 15) is 15.0 Å². The summed E-state index contributed by atoms with van der Waals surface area (Å²) in [5.74, 6) is -2.25. The van der Waals surface area contributed by atoms with Crippen LogP contribution in [-0.4, -0.2) is 106 Å². The fourth-order valence-corrected chi connectivity index (χ4v) is 5.42. The summed E-state index contributed by atoms with van der Waals surface area (Å²) >= 11 is 0. The van der Waals surface area contributed by atoms with E-state index in [1.165, 1.54) is 14.2 Å². The number of rotatable bonds is 9. The molecule has 1 amide bonds. The number of aliphatic hydroxyl groups excluding tert-OH is 2. The lowest BCUT2D eigenvalue weighted by Gasteiger charge is -2.54. The summed E-state index contributed by atoms with van der Waals surface area (Å²) in [6.07, 6.45) is -4.86. The molecule has 10 atom stereocenters. The van der Waals surface area contributed by atoms with Crippen LogP contribution in [0.25, 0.3) is 0 Å². The first kappa shape index (κ1) is 29.4. The van der Waals surface area contributed by atoms with Crippen molar-refractivity contribution in [3.05, 3.63) is 12.2 Å². The minimum atomic E-state index is -1.65. The van der Waals surface area contributed by atoms with Crippen LogP contribution in [0.15, 0.2) is 12.2 Å². The van der Waals surface area contributed by atoms with Crippen LogP contribution in [0.3, 0.4) is 0 Å². The number of hydrogen-bond acceptors (Lipinski definition) is 10. The van der Waals surface area contributed by atoms with Crippen molar-refractivity contribution in [1.29, 1.82) is 0 Å². The molecule has 11 nitrogen and oxygen atoms in total. The molecule has 3 aliphatic rings. The highest BCUT2D eigenvalue weighted by molar-refractivity contribution is 5.82. The Morgan fingerprint density at radius 3 is 2.47 bits per heavy atom. The summed E-state index contributed by atoms with van der Waals surface area (Å²) in [6, 6.07) is 0. The quantitative estimate of drug-likeness (QED) is 0.376. The van der Waals surface area contributed by atoms with E-state index in [4.69, 9.17) is 33.2 Å². The van der Waals surface area contributed by atoms with Crippen LogP contribution >= 0.6 is 0 Å². The third-order valence-electron chi connectivity index (χ3n) is 8.08. The van der Waals surface area contributed by atoms with E-state index in [-0.39, 0.29) is 31.8 Å². The van der Waals surface area contributed by atoms with Gasteiger partial charge in [0.2, 0.25) is 5.79 Å². The van der Waals surface area contributed by atoms with E-state index in [1.807, 2.05) is 27.7 Å². The molecule has 0 aliphatic carbocycles. The third-order valence-corrected chi connectivity index (χ3v) is 8.08. The van der Waals surface area contributed by atoms with E-state index in [0.717, 1.165) is 5.57 Å². The Bertz CT molecular complexity index is 774. The van der Waals surface area contributed by atoms with Crippen molar-refractivity contribution in [1.82, 2.24) is 5.32 Å². The molecule has 36 heavy (non-hydrogen) atoms. The summed E-state index contributed by atoms with van der Waals surface area (Å²) < 4.78 is 40.7. The normalized spacial score (nSPS) is 40.2. The fourth-order valence-electron chi connectivity index (χ4n) is 5.42. The first-order valence-corrected chi connectivity index (χ1v) is 12.4. The van der Waals surface area contributed by atoms with Gasteiger partial charge in [-0.25, -0.2) is 0 Å². The zero-order chi connectivity index (χ0) is 26.8. The summed E-state index contributed by atoms with van der Waals surface area (Å²) in [5.41, 5.74) is 0.321. The average molecular weight is 518 g/mol. The second kappa shape index (κ2) is 11.7. The van der Waals surface area contributed by atoms with Gasteiger partial charge in [0.1, 0.15) is 19.0 Å². The zero-order valence-electron chi connectivity index (χ0n) is 22.4. The van der Waals surface area contributed by atoms with Gasteiger partial charge in [-0.15, -0.1) is 0 Å². The lowest BCUT2D eigenvalue weighted by molar-refractivity contribution is -0.333. The maximum absolute atomic E-state index is 13.3. The van der Waals surface area contributed by atoms with Gasteiger partial charge in [0, 0.05) is 45.5 Å². The highest BCUT2D eigenvalue weighted by Gasteiger charge is 2.57. The van der Waals surface area contributed by atoms with E-state index < -0.39 is 60.0 Å². The molecular formula is C25H43NO10. The van der Waals surface area contributed by atoms with Crippen LogP contribution in [0.1, 0.15) is 40.5 Å². The molecule has 3 heterocycles. The summed E-state index contributed by atoms with van der Waals surface area (Å²) in [5, 5.41) is 23.5. The first-order chi connectivity index (χ1) is 16.9. The Labute approximate surface area is 213 Å². The maximum atomic E-state index is 13.3. The lowest BCUT2D eigenvalue weighted by Crippen LogP contribution is -2.69. The SMILES string of the molecule is C=C1CC(OC)(C(O)C(=O)N[C@H]2OCO[C@H]3C2O[C@H](C[C@@H](CO)OC)C(C)(C)C3OC)O[C@H](C)[C@@H]1C. The number of methoxy groups -OCH3 is 3. The average Bonchev–Trinajstić information content (AvgIpc) is 2.85. The van der Waals surface area contributed by atoms with E-state index in [1.54, 1.807) is 7.11 Å². The smallest absolute Gasteiger partial charge is 0.256 e. The molecule has 0 aromatic rings. The molecule has 11 heteroatoms. The fraction of sp³-hybridized carbons (Fsp3) is 0.880. The van der Waals surface area contributed by atoms with Crippen LogP contribution in [-0.2, 0) is 38.0 Å². The molecule has 0 aromatic heterocycles. The number of ether oxygens (including phenoxy) is 7. The Kier molecular flexibility index (Phi) is 9.57. The zero-order valence-corrected chi connectivity index (χ0v) is 22.4. The standard InChI is InChI=1S/C25H43NO10/c1-13-10-25(32-8,36-15(3)14(13)2)20(28)22(29)26-23-19-18(33-12-34-23)21(31-7)24(4,5)17(35-19)9-16(11-27)30-6/h14-21,23,27-28H,1,9-12H2,2-8H3,(H,26,29)/t14-,15-,16+,17-,18+,19?,20?,21?,23+,25?/m1/s1. The Hall–Kier alpha value is -1.15. The van der Waals surface area contributed by atoms with Crippen LogP contribution in [0.2, 0.25) is 0 Å². The lowest BCUT2D eigenvalue weighted by atomic mass is 9.72. The molecule has 3 aliphatic heterocycles. The second-order valence-electron chi connectivity index (χ2n) is 10.6. The molecule has 0 spiro atoms. The second-order valence-corrected chi connectivity index (χ2v) is 10.6. The van der Waals surface area contributed by atoms with Gasteiger partial charge in [-0.1, -0.05) is 32.9 Å². The number of carbonyl (C=O) groups is 1. The number of amides is 1. The van der Waals surface area contributed by atoms with Gasteiger partial charge >= 0.3 is 0 Å². The van der Waals surface area contributed by atoms with Crippen molar-refractivity contribution in [2.24, 2.45) is 11.3 Å². The predicted molar refractivity (Wildman–Crippen MR) is 128 cm³/mol. The van der Waals surface area contributed by atoms with Crippen molar-refractivity contribution < 1.29 is 48.2 Å². The molecule has 0 aromatic carbocycles. The van der Waals surface area contributed by atoms with Gasteiger partial charge in [-0.05, 0) is 6.92 Å². The van der Waals surface area contributed by atoms with E-state index in [0.29, 0.717) is 6.42 Å². The monoisotopic (exact) mass is 517 g/mol. The molecule has 3 fully saturated rings. The minimum absolute atomic E-state index is 0.0554. The number of aliphatic hydroxyl groups is 2. The van der Waals surface area contributed by atoms with Gasteiger partial charge in [0.05, 0.1) is 31.0 Å². The van der Waals surface area contributed by atoms with Gasteiger partial charge < -0.3 is 48.7 Å². The molecule has 4 unspecified atom stereocenters. The molecule has 0 saturated carbocycles. The van der Waals surface area contributed by atoms with E-state index in [2.05, 4.69) is 11.9 Å². The Balaban J connectivity index is 1.80. The van der Waals surface area contributed by atoms with Gasteiger partial charge in [-0.3, -0.25) is 4.79 Å². The first-order valence-electron chi connectivity index (χ1n) is 12.4. The molecule has 0 bridgehead atoms. The molecule has 3 N–H and O–H groups in total. The molecule has 3 rings (SSSR count). The third kappa shape index (κ3) is 5.50. The van der Waals surface area contributed by atoms with Gasteiger partial charge in [0.25, 0.3) is 5.91 Å². The molecule has 0 radical (unpaired) electrons. The number of carbonyl (C=O) groups excluding carboxylic acids is 1. The van der Waals surface area contributed by atoms with Crippen molar-refractivity contribution in [2.75, 3.05) is 34.7 Å². The molecule has 3 saturated heterocycles. The minimum Gasteiger partial charge on any atom is -0.394 e. The maximum Gasteiger partial charge on any atom is 0.256 e. The van der Waals surface area contributed by atoms with Crippen LogP contribution < -0.4 is 5.32 Å². The number of nitrogens with one attached hydrogen (secondary N) is 1. The highest BCUT2D eigenvalue weighted by atomic mass is 16.7. The van der Waals surface area contributed by atoms with Crippen LogP contribution in [0, 0.1) is 11.3 Å². The topological polar surface area (TPSA) is 134 Å². The highest BCUT2D eigenvalue weighted by Crippen LogP contribution is 2.44. The van der Waals surface area contributed by atoms with Crippen molar-refractivity contribution in [2.45, 2.75) is 95.3 Å². The number of fused-ring (bicyclic) bond motifs is 1. The summed E-state index contributed by atoms with van der Waals surface area (Å²) in [6.45, 7) is 11.6. The molecule has 208 valence electrons. The van der Waals surface area contributed by atoms with Crippen molar-refractivity contribution in [3.8, 4) is 0 Å². The Morgan fingerprint density at radius 2 is 1.92 bits per heavy atom. The molecular weight excluding hydrogens is 474 g/mol. The summed E-state index contributed by atoms with van der Waals surface area (Å²) in [4.78, 5) is 13.3. The van der Waals surface area contributed by atoms with Crippen LogP contribution in [0.4, 0.5) is 0 Å². The summed E-state index contributed by atoms with van der Waals surface area (Å²) in [7, 11) is 4.51. The van der Waals surface area contributed by atoms with Gasteiger partial charge in [0.15, 0.2) is 12.3 Å². The van der Waals surface area contributed by atoms with E-state index >= 15 is 0 Å². The van der Waals surface area contributed by atoms with Crippen molar-refractivity contribution in [3.63, 3.8) is 0 Å². The Morgan fingerprint density at radius 1 is 1.22 bits per heavy atom. The number of hydrogen-bond donors (Lipinski definition) is 3. The largest absolute Gasteiger partial charge is 0.394 e. The predicted octanol–water partition coefficient (Wildman–Crippen LogP) is 0.712. The van der Waals surface area contributed by atoms with Gasteiger partial charge in [-0.2, -0.15) is 0 Å². The van der Waals surface area contributed by atoms with Crippen LogP contribution in [0.5, 0.6) is 0 Å².